The van der Waals surface area contributed by atoms with Crippen LogP contribution in [0, 0.1) is 13.8 Å². The van der Waals surface area contributed by atoms with Crippen LogP contribution in [0.25, 0.3) is 10.9 Å². The molecule has 0 radical (unpaired) electrons. The van der Waals surface area contributed by atoms with E-state index in [4.69, 9.17) is 0 Å². The maximum atomic E-state index is 4.39. The van der Waals surface area contributed by atoms with Crippen LogP contribution in [-0.4, -0.2) is 28.0 Å². The lowest BCUT2D eigenvalue weighted by molar-refractivity contribution is 0.308. The number of pyridine rings is 1. The fraction of sp³-hybridized carbons (Fsp3) is 0.381. The zero-order valence-electron chi connectivity index (χ0n) is 14.6. The zero-order chi connectivity index (χ0) is 16.4. The molecule has 0 amide bonds. The second-order valence-electron chi connectivity index (χ2n) is 7.55. The summed E-state index contributed by atoms with van der Waals surface area (Å²) >= 11 is 0. The summed E-state index contributed by atoms with van der Waals surface area (Å²) in [5, 5.41) is 1.49. The number of likely N-dealkylation sites (N-methyl/N-ethyl adjacent to an activating group) is 1. The predicted molar refractivity (Wildman–Crippen MR) is 97.5 cm³/mol. The molecule has 3 aromatic rings. The van der Waals surface area contributed by atoms with E-state index < -0.39 is 0 Å². The Morgan fingerprint density at radius 3 is 2.88 bits per heavy atom. The summed E-state index contributed by atoms with van der Waals surface area (Å²) in [5.74, 6) is 0. The quantitative estimate of drug-likeness (QED) is 0.681. The number of rotatable bonds is 1. The summed E-state index contributed by atoms with van der Waals surface area (Å²) in [7, 11) is 2.23. The minimum absolute atomic E-state index is 0.429. The molecule has 4 heterocycles. The van der Waals surface area contributed by atoms with E-state index in [1.165, 1.54) is 27.6 Å². The molecule has 0 N–H and O–H groups in total. The average Bonchev–Trinajstić information content (AvgIpc) is 3.07. The monoisotopic (exact) mass is 317 g/mol. The van der Waals surface area contributed by atoms with Gasteiger partial charge in [-0.2, -0.15) is 0 Å². The highest BCUT2D eigenvalue weighted by Crippen LogP contribution is 2.43. The van der Waals surface area contributed by atoms with Crippen molar-refractivity contribution >= 4 is 10.9 Å². The molecule has 0 fully saturated rings. The fourth-order valence-electron chi connectivity index (χ4n) is 4.74. The normalized spacial score (nSPS) is 19.9. The summed E-state index contributed by atoms with van der Waals surface area (Å²) in [6, 6.07) is 9.67. The average molecular weight is 317 g/mol. The van der Waals surface area contributed by atoms with Gasteiger partial charge in [0.15, 0.2) is 0 Å². The van der Waals surface area contributed by atoms with Gasteiger partial charge in [-0.1, -0.05) is 11.6 Å². The van der Waals surface area contributed by atoms with Crippen LogP contribution in [0.2, 0.25) is 0 Å². The molecule has 1 aromatic carbocycles. The summed E-state index contributed by atoms with van der Waals surface area (Å²) in [4.78, 5) is 6.84. The molecule has 0 aliphatic carbocycles. The fourth-order valence-corrected chi connectivity index (χ4v) is 4.74. The number of fused-ring (bicyclic) bond motifs is 3. The van der Waals surface area contributed by atoms with Crippen LogP contribution in [0.3, 0.4) is 0 Å². The molecule has 2 aliphatic rings. The first-order valence-electron chi connectivity index (χ1n) is 8.88. The molecule has 0 bridgehead atoms. The van der Waals surface area contributed by atoms with Crippen LogP contribution < -0.4 is 0 Å². The Hall–Kier alpha value is -2.13. The highest BCUT2D eigenvalue weighted by molar-refractivity contribution is 5.91. The second kappa shape index (κ2) is 4.93. The maximum Gasteiger partial charge on any atom is 0.0631 e. The van der Waals surface area contributed by atoms with Gasteiger partial charge in [-0.15, -0.1) is 0 Å². The first-order chi connectivity index (χ1) is 11.6. The molecular formula is C21H23N3. The van der Waals surface area contributed by atoms with Crippen molar-refractivity contribution < 1.29 is 0 Å². The summed E-state index contributed by atoms with van der Waals surface area (Å²) in [6.07, 6.45) is 4.22. The van der Waals surface area contributed by atoms with E-state index in [-0.39, 0.29) is 0 Å². The SMILES string of the molecule is Cc1cc2c3c(c1)c1c(n3C(c3ccnc(C)c3)C2)CCN(C)C1. The van der Waals surface area contributed by atoms with Gasteiger partial charge in [-0.3, -0.25) is 4.98 Å². The predicted octanol–water partition coefficient (Wildman–Crippen LogP) is 3.79. The molecule has 0 saturated carbocycles. The van der Waals surface area contributed by atoms with Crippen molar-refractivity contribution in [2.75, 3.05) is 13.6 Å². The number of hydrogen-bond donors (Lipinski definition) is 0. The van der Waals surface area contributed by atoms with Crippen LogP contribution in [0.5, 0.6) is 0 Å². The van der Waals surface area contributed by atoms with Gasteiger partial charge in [0.05, 0.1) is 11.6 Å². The van der Waals surface area contributed by atoms with Crippen molar-refractivity contribution in [3.05, 3.63) is 64.1 Å². The molecule has 1 atom stereocenters. The Morgan fingerprint density at radius 1 is 1.17 bits per heavy atom. The van der Waals surface area contributed by atoms with Gasteiger partial charge < -0.3 is 9.47 Å². The Balaban J connectivity index is 1.79. The van der Waals surface area contributed by atoms with Crippen molar-refractivity contribution in [1.82, 2.24) is 14.5 Å². The topological polar surface area (TPSA) is 21.1 Å². The Morgan fingerprint density at radius 2 is 2.04 bits per heavy atom. The Kier molecular flexibility index (Phi) is 2.93. The van der Waals surface area contributed by atoms with E-state index in [0.29, 0.717) is 6.04 Å². The largest absolute Gasteiger partial charge is 0.336 e. The van der Waals surface area contributed by atoms with Gasteiger partial charge in [0, 0.05) is 42.5 Å². The van der Waals surface area contributed by atoms with Gasteiger partial charge in [-0.25, -0.2) is 0 Å². The summed E-state index contributed by atoms with van der Waals surface area (Å²) < 4.78 is 2.65. The first kappa shape index (κ1) is 14.2. The van der Waals surface area contributed by atoms with Crippen molar-refractivity contribution in [1.29, 1.82) is 0 Å². The van der Waals surface area contributed by atoms with Crippen molar-refractivity contribution in [3.63, 3.8) is 0 Å². The van der Waals surface area contributed by atoms with Gasteiger partial charge in [0.2, 0.25) is 0 Å². The lowest BCUT2D eigenvalue weighted by atomic mass is 9.96. The van der Waals surface area contributed by atoms with E-state index in [0.717, 1.165) is 31.6 Å². The molecule has 1 unspecified atom stereocenters. The summed E-state index contributed by atoms with van der Waals surface area (Å²) in [5.41, 5.74) is 10.0. The van der Waals surface area contributed by atoms with Gasteiger partial charge in [0.1, 0.15) is 0 Å². The number of aromatic nitrogens is 2. The van der Waals surface area contributed by atoms with E-state index in [2.05, 4.69) is 59.6 Å². The van der Waals surface area contributed by atoms with E-state index in [9.17, 15) is 0 Å². The number of hydrogen-bond acceptors (Lipinski definition) is 2. The minimum atomic E-state index is 0.429. The number of nitrogens with zero attached hydrogens (tertiary/aromatic N) is 3. The Labute approximate surface area is 142 Å². The highest BCUT2D eigenvalue weighted by Gasteiger charge is 2.33. The molecule has 3 heteroatoms. The molecule has 3 nitrogen and oxygen atoms in total. The zero-order valence-corrected chi connectivity index (χ0v) is 14.6. The molecule has 122 valence electrons. The van der Waals surface area contributed by atoms with Crippen molar-refractivity contribution in [3.8, 4) is 0 Å². The molecular weight excluding hydrogens is 294 g/mol. The minimum Gasteiger partial charge on any atom is -0.336 e. The molecule has 5 rings (SSSR count). The highest BCUT2D eigenvalue weighted by atomic mass is 15.1. The van der Waals surface area contributed by atoms with Crippen molar-refractivity contribution in [2.45, 2.75) is 39.3 Å². The second-order valence-corrected chi connectivity index (χ2v) is 7.55. The Bertz CT molecular complexity index is 967. The van der Waals surface area contributed by atoms with Crippen LogP contribution in [0.15, 0.2) is 30.5 Å². The standard InChI is InChI=1S/C21H23N3/c1-13-8-16-11-20(15-4-6-22-14(2)10-15)24-19-5-7-23(3)12-18(19)17(9-13)21(16)24/h4,6,8-10,20H,5,7,11-12H2,1-3H3. The lowest BCUT2D eigenvalue weighted by Gasteiger charge is -2.26. The smallest absolute Gasteiger partial charge is 0.0631 e. The third-order valence-corrected chi connectivity index (χ3v) is 5.73. The third-order valence-electron chi connectivity index (χ3n) is 5.73. The molecule has 2 aromatic heterocycles. The third kappa shape index (κ3) is 1.91. The van der Waals surface area contributed by atoms with Crippen LogP contribution in [0.4, 0.5) is 0 Å². The number of aryl methyl sites for hydroxylation is 2. The van der Waals surface area contributed by atoms with Crippen LogP contribution in [-0.2, 0) is 19.4 Å². The van der Waals surface area contributed by atoms with Gasteiger partial charge >= 0.3 is 0 Å². The van der Waals surface area contributed by atoms with Crippen molar-refractivity contribution in [2.24, 2.45) is 0 Å². The van der Waals surface area contributed by atoms with E-state index >= 15 is 0 Å². The summed E-state index contributed by atoms with van der Waals surface area (Å²) in [6.45, 7) is 6.55. The molecule has 2 aliphatic heterocycles. The van der Waals surface area contributed by atoms with Gasteiger partial charge in [-0.05, 0) is 62.2 Å². The molecule has 24 heavy (non-hydrogen) atoms. The van der Waals surface area contributed by atoms with Crippen LogP contribution >= 0.6 is 0 Å². The van der Waals surface area contributed by atoms with E-state index in [1.54, 1.807) is 11.3 Å². The van der Waals surface area contributed by atoms with E-state index in [1.807, 2.05) is 6.20 Å². The lowest BCUT2D eigenvalue weighted by Crippen LogP contribution is -2.28. The van der Waals surface area contributed by atoms with Gasteiger partial charge in [0.25, 0.3) is 0 Å². The first-order valence-corrected chi connectivity index (χ1v) is 8.88. The molecule has 0 saturated heterocycles. The number of benzene rings is 1. The maximum absolute atomic E-state index is 4.39. The van der Waals surface area contributed by atoms with Crippen LogP contribution in [0.1, 0.15) is 39.7 Å². The molecule has 0 spiro atoms.